The molecule has 1 atom stereocenters. The molecular weight excluding hydrogens is 170 g/mol. The van der Waals surface area contributed by atoms with Crippen molar-refractivity contribution < 1.29 is 14.7 Å². The number of carboxylic acid groups (broad SMARTS) is 1. The first kappa shape index (κ1) is 14.0. The topological polar surface area (TPSA) is 66.4 Å². The molecule has 4 nitrogen and oxygen atoms in total. The summed E-state index contributed by atoms with van der Waals surface area (Å²) in [5, 5.41) is 9.62. The third-order valence-electron chi connectivity index (χ3n) is 1.03. The first-order valence-corrected chi connectivity index (χ1v) is 3.83. The lowest BCUT2D eigenvalue weighted by atomic mass is 10.2. The highest BCUT2D eigenvalue weighted by atomic mass is 16.3. The summed E-state index contributed by atoms with van der Waals surface area (Å²) in [7, 11) is 0. The lowest BCUT2D eigenvalue weighted by Crippen LogP contribution is -2.29. The zero-order chi connectivity index (χ0) is 10.7. The lowest BCUT2D eigenvalue weighted by molar-refractivity contribution is -0.123. The average Bonchev–Trinajstić information content (AvgIpc) is 2.01. The predicted octanol–water partition coefficient (Wildman–Crippen LogP) is 0.625. The summed E-state index contributed by atoms with van der Waals surface area (Å²) in [4.78, 5) is 18.8. The van der Waals surface area contributed by atoms with Crippen LogP contribution in [0.15, 0.2) is 0 Å². The van der Waals surface area contributed by atoms with Crippen LogP contribution in [0.25, 0.3) is 0 Å². The minimum absolute atomic E-state index is 0.00500. The van der Waals surface area contributed by atoms with E-state index in [4.69, 9.17) is 9.90 Å². The third kappa shape index (κ3) is 18.0. The third-order valence-corrected chi connectivity index (χ3v) is 1.03. The van der Waals surface area contributed by atoms with Crippen LogP contribution in [0.4, 0.5) is 0 Å². The average molecular weight is 185 g/mol. The summed E-state index contributed by atoms with van der Waals surface area (Å²) < 4.78 is 0. The van der Waals surface area contributed by atoms with E-state index in [1.165, 1.54) is 6.92 Å². The fourth-order valence-corrected chi connectivity index (χ4v) is 0.653. The Morgan fingerprint density at radius 3 is 2.46 bits per heavy atom. The number of hydrogen-bond donors (Lipinski definition) is 2. The molecule has 0 saturated carbocycles. The predicted molar refractivity (Wildman–Crippen MR) is 50.0 cm³/mol. The molecule has 0 aliphatic rings. The number of nitrogens with one attached hydrogen (secondary N) is 1. The Bertz CT molecular complexity index is 203. The maximum Gasteiger partial charge on any atom is 0.290 e. The highest BCUT2D eigenvalue weighted by Gasteiger charge is 1.98. The highest BCUT2D eigenvalue weighted by Crippen LogP contribution is 1.86. The van der Waals surface area contributed by atoms with E-state index in [-0.39, 0.29) is 18.4 Å². The van der Waals surface area contributed by atoms with Gasteiger partial charge in [0.1, 0.15) is 0 Å². The van der Waals surface area contributed by atoms with Crippen LogP contribution in [0, 0.1) is 11.8 Å². The molecule has 0 aromatic rings. The maximum atomic E-state index is 10.5. The molecule has 0 fully saturated rings. The van der Waals surface area contributed by atoms with Gasteiger partial charge in [-0.15, -0.1) is 11.8 Å². The van der Waals surface area contributed by atoms with Crippen molar-refractivity contribution in [1.82, 2.24) is 5.32 Å². The number of carbonyl (C=O) groups excluding carboxylic acids is 1. The Morgan fingerprint density at radius 2 is 2.15 bits per heavy atom. The molecule has 0 heterocycles. The zero-order valence-electron chi connectivity index (χ0n) is 8.13. The van der Waals surface area contributed by atoms with Crippen LogP contribution >= 0.6 is 0 Å². The molecule has 0 aliphatic carbocycles. The summed E-state index contributed by atoms with van der Waals surface area (Å²) in [6, 6.07) is 0.171. The Labute approximate surface area is 78.3 Å². The van der Waals surface area contributed by atoms with E-state index in [0.717, 1.165) is 6.42 Å². The van der Waals surface area contributed by atoms with Gasteiger partial charge in [-0.05, 0) is 13.8 Å². The molecule has 13 heavy (non-hydrogen) atoms. The lowest BCUT2D eigenvalue weighted by Gasteiger charge is -2.06. The molecule has 0 radical (unpaired) electrons. The molecule has 0 aromatic heterocycles. The Kier molecular flexibility index (Phi) is 11.3. The van der Waals surface area contributed by atoms with E-state index < -0.39 is 0 Å². The van der Waals surface area contributed by atoms with Crippen LogP contribution in [0.3, 0.4) is 0 Å². The van der Waals surface area contributed by atoms with Crippen LogP contribution in [-0.2, 0) is 9.59 Å². The molecule has 1 unspecified atom stereocenters. The van der Waals surface area contributed by atoms with Gasteiger partial charge in [0.2, 0.25) is 5.91 Å². The minimum atomic E-state index is -0.250. The number of carbonyl (C=O) groups is 2. The molecule has 2 N–H and O–H groups in total. The van der Waals surface area contributed by atoms with Gasteiger partial charge < -0.3 is 10.4 Å². The van der Waals surface area contributed by atoms with Gasteiger partial charge in [-0.3, -0.25) is 9.59 Å². The van der Waals surface area contributed by atoms with Gasteiger partial charge in [0, 0.05) is 19.4 Å². The second kappa shape index (κ2) is 10.5. The first-order valence-electron chi connectivity index (χ1n) is 3.83. The molecule has 0 saturated heterocycles. The van der Waals surface area contributed by atoms with Crippen molar-refractivity contribution in [2.75, 3.05) is 0 Å². The standard InChI is InChI=1S/C8H13NO.CH2O2/c1-4-5-6-7(2)9-8(3)10;2-1-3/h7H,6H2,1-3H3,(H,9,10);1H,(H,2,3). The Hall–Kier alpha value is -1.50. The molecule has 0 aliphatic heterocycles. The van der Waals surface area contributed by atoms with E-state index in [2.05, 4.69) is 17.2 Å². The Morgan fingerprint density at radius 1 is 1.69 bits per heavy atom. The van der Waals surface area contributed by atoms with Crippen molar-refractivity contribution in [3.63, 3.8) is 0 Å². The molecule has 4 heteroatoms. The largest absolute Gasteiger partial charge is 0.483 e. The second-order valence-corrected chi connectivity index (χ2v) is 2.34. The summed E-state index contributed by atoms with van der Waals surface area (Å²) in [6.07, 6.45) is 0.732. The van der Waals surface area contributed by atoms with Gasteiger partial charge in [-0.1, -0.05) is 0 Å². The molecule has 0 rings (SSSR count). The van der Waals surface area contributed by atoms with Gasteiger partial charge in [-0.25, -0.2) is 0 Å². The Balaban J connectivity index is 0. The van der Waals surface area contributed by atoms with Gasteiger partial charge in [0.15, 0.2) is 0 Å². The molecule has 0 spiro atoms. The first-order chi connectivity index (χ1) is 6.08. The molecule has 0 aromatic carbocycles. The summed E-state index contributed by atoms with van der Waals surface area (Å²) in [6.45, 7) is 4.99. The van der Waals surface area contributed by atoms with Crippen LogP contribution in [0.2, 0.25) is 0 Å². The van der Waals surface area contributed by atoms with E-state index in [1.807, 2.05) is 6.92 Å². The van der Waals surface area contributed by atoms with Crippen LogP contribution < -0.4 is 5.32 Å². The van der Waals surface area contributed by atoms with Crippen LogP contribution in [0.1, 0.15) is 27.2 Å². The normalized spacial score (nSPS) is 9.46. The number of hydrogen-bond acceptors (Lipinski definition) is 2. The fraction of sp³-hybridized carbons (Fsp3) is 0.556. The van der Waals surface area contributed by atoms with Crippen molar-refractivity contribution >= 4 is 12.4 Å². The number of amides is 1. The van der Waals surface area contributed by atoms with Crippen molar-refractivity contribution in [3.05, 3.63) is 0 Å². The summed E-state index contributed by atoms with van der Waals surface area (Å²) in [5.74, 6) is 5.66. The van der Waals surface area contributed by atoms with Crippen LogP contribution in [-0.4, -0.2) is 23.5 Å². The minimum Gasteiger partial charge on any atom is -0.483 e. The van der Waals surface area contributed by atoms with Gasteiger partial charge in [0.05, 0.1) is 0 Å². The van der Waals surface area contributed by atoms with Crippen LogP contribution in [0.5, 0.6) is 0 Å². The van der Waals surface area contributed by atoms with E-state index in [0.29, 0.717) is 0 Å². The van der Waals surface area contributed by atoms with Crippen molar-refractivity contribution in [2.24, 2.45) is 0 Å². The monoisotopic (exact) mass is 185 g/mol. The fourth-order valence-electron chi connectivity index (χ4n) is 0.653. The quantitative estimate of drug-likeness (QED) is 0.489. The van der Waals surface area contributed by atoms with Gasteiger partial charge >= 0.3 is 0 Å². The molecular formula is C9H15NO3. The van der Waals surface area contributed by atoms with Gasteiger partial charge in [-0.2, -0.15) is 0 Å². The summed E-state index contributed by atoms with van der Waals surface area (Å²) >= 11 is 0. The van der Waals surface area contributed by atoms with Crippen molar-refractivity contribution in [1.29, 1.82) is 0 Å². The molecule has 0 bridgehead atoms. The second-order valence-electron chi connectivity index (χ2n) is 2.34. The number of rotatable bonds is 2. The molecule has 1 amide bonds. The van der Waals surface area contributed by atoms with E-state index >= 15 is 0 Å². The van der Waals surface area contributed by atoms with Crippen molar-refractivity contribution in [2.45, 2.75) is 33.2 Å². The van der Waals surface area contributed by atoms with E-state index in [1.54, 1.807) is 6.92 Å². The SMILES string of the molecule is CC#CCC(C)NC(C)=O.O=CO. The van der Waals surface area contributed by atoms with Crippen molar-refractivity contribution in [3.8, 4) is 11.8 Å². The summed E-state index contributed by atoms with van der Waals surface area (Å²) in [5.41, 5.74) is 0. The van der Waals surface area contributed by atoms with Gasteiger partial charge in [0.25, 0.3) is 6.47 Å². The maximum absolute atomic E-state index is 10.5. The highest BCUT2D eigenvalue weighted by molar-refractivity contribution is 5.73. The zero-order valence-corrected chi connectivity index (χ0v) is 8.13. The van der Waals surface area contributed by atoms with E-state index in [9.17, 15) is 4.79 Å². The molecule has 74 valence electrons. The smallest absolute Gasteiger partial charge is 0.290 e.